The Balaban J connectivity index is 1.51. The van der Waals surface area contributed by atoms with E-state index < -0.39 is 23.9 Å². The highest BCUT2D eigenvalue weighted by molar-refractivity contribution is 6.33. The van der Waals surface area contributed by atoms with E-state index >= 15 is 0 Å². The van der Waals surface area contributed by atoms with Gasteiger partial charge in [0.05, 0.1) is 24.8 Å². The van der Waals surface area contributed by atoms with E-state index in [1.54, 1.807) is 18.2 Å². The van der Waals surface area contributed by atoms with Gasteiger partial charge in [0.15, 0.2) is 0 Å². The van der Waals surface area contributed by atoms with E-state index in [4.69, 9.17) is 26.8 Å². The lowest BCUT2D eigenvalue weighted by Gasteiger charge is -2.44. The molecule has 0 spiro atoms. The standard InChI is InChI=1S/C31H38ClN3O5/c1-39-13-5-4-11-31(38,28-19-35(12-14-40-28)30(37)21-16-25(33)27(36)17-21)23-8-6-9-24(32)29(23)22-15-20-7-2-3-10-26(20)34-18-22/h2-3,6-10,15,18,21,25,27-28,36,38H,4-5,11-14,16-17,19,33H2,1H3/t21-,25+,27-,28+,31+/m0/s1. The number of fused-ring (bicyclic) bond motifs is 1. The lowest BCUT2D eigenvalue weighted by Crippen LogP contribution is -2.55. The number of hydrogen-bond donors (Lipinski definition) is 3. The van der Waals surface area contributed by atoms with E-state index in [1.165, 1.54) is 0 Å². The summed E-state index contributed by atoms with van der Waals surface area (Å²) < 4.78 is 11.5. The number of hydrogen-bond acceptors (Lipinski definition) is 7. The Kier molecular flexibility index (Phi) is 9.05. The van der Waals surface area contributed by atoms with Crippen molar-refractivity contribution in [3.05, 3.63) is 65.3 Å². The van der Waals surface area contributed by atoms with Gasteiger partial charge in [0, 0.05) is 60.0 Å². The number of amides is 1. The largest absolute Gasteiger partial charge is 0.391 e. The summed E-state index contributed by atoms with van der Waals surface area (Å²) in [6.45, 7) is 1.52. The van der Waals surface area contributed by atoms with Crippen LogP contribution in [-0.2, 0) is 19.9 Å². The van der Waals surface area contributed by atoms with Crippen molar-refractivity contribution in [1.29, 1.82) is 0 Å². The Morgan fingerprint density at radius 3 is 2.83 bits per heavy atom. The van der Waals surface area contributed by atoms with Crippen LogP contribution in [0.1, 0.15) is 37.7 Å². The number of unbranched alkanes of at least 4 members (excludes halogenated alkanes) is 1. The monoisotopic (exact) mass is 567 g/mol. The summed E-state index contributed by atoms with van der Waals surface area (Å²) in [6, 6.07) is 15.0. The predicted molar refractivity (Wildman–Crippen MR) is 155 cm³/mol. The van der Waals surface area contributed by atoms with Gasteiger partial charge in [0.2, 0.25) is 5.91 Å². The topological polar surface area (TPSA) is 118 Å². The van der Waals surface area contributed by atoms with E-state index in [9.17, 15) is 15.0 Å². The molecule has 1 aromatic heterocycles. The number of aromatic nitrogens is 1. The molecule has 2 fully saturated rings. The number of morpholine rings is 1. The predicted octanol–water partition coefficient (Wildman–Crippen LogP) is 3.89. The lowest BCUT2D eigenvalue weighted by atomic mass is 9.79. The van der Waals surface area contributed by atoms with Crippen LogP contribution in [0.25, 0.3) is 22.0 Å². The van der Waals surface area contributed by atoms with Crippen LogP contribution in [0.15, 0.2) is 54.7 Å². The van der Waals surface area contributed by atoms with Crippen LogP contribution in [0.5, 0.6) is 0 Å². The van der Waals surface area contributed by atoms with Crippen LogP contribution in [0.4, 0.5) is 0 Å². The van der Waals surface area contributed by atoms with Crippen LogP contribution in [0.3, 0.4) is 0 Å². The molecule has 4 N–H and O–H groups in total. The molecule has 2 aromatic carbocycles. The van der Waals surface area contributed by atoms with Crippen molar-refractivity contribution in [2.24, 2.45) is 11.7 Å². The number of rotatable bonds is 9. The molecular weight excluding hydrogens is 530 g/mol. The molecule has 1 amide bonds. The maximum atomic E-state index is 13.4. The van der Waals surface area contributed by atoms with Gasteiger partial charge in [0.25, 0.3) is 0 Å². The first-order valence-electron chi connectivity index (χ1n) is 14.0. The number of carbonyl (C=O) groups excluding carboxylic acids is 1. The number of para-hydroxylation sites is 1. The molecule has 0 unspecified atom stereocenters. The molecule has 8 nitrogen and oxygen atoms in total. The zero-order valence-corrected chi connectivity index (χ0v) is 23.6. The molecule has 1 aliphatic carbocycles. The first kappa shape index (κ1) is 28.9. The van der Waals surface area contributed by atoms with Gasteiger partial charge in [-0.1, -0.05) is 41.9 Å². The van der Waals surface area contributed by atoms with Crippen molar-refractivity contribution >= 4 is 28.4 Å². The highest BCUT2D eigenvalue weighted by Gasteiger charge is 2.45. The summed E-state index contributed by atoms with van der Waals surface area (Å²) in [6.07, 6.45) is 3.08. The molecule has 1 saturated carbocycles. The summed E-state index contributed by atoms with van der Waals surface area (Å²) in [5.74, 6) is -0.379. The molecule has 5 rings (SSSR count). The molecule has 5 atom stereocenters. The maximum absolute atomic E-state index is 13.4. The maximum Gasteiger partial charge on any atom is 0.226 e. The molecule has 2 heterocycles. The SMILES string of the molecule is COCCCC[C@@](O)(c1cccc(Cl)c1-c1cnc2ccccc2c1)[C@H]1CN(C(=O)[C@H]2C[C@@H](N)[C@@H](O)C2)CCO1. The number of aliphatic hydroxyl groups is 2. The van der Waals surface area contributed by atoms with Crippen LogP contribution in [0.2, 0.25) is 5.02 Å². The second-order valence-corrected chi connectivity index (χ2v) is 11.4. The highest BCUT2D eigenvalue weighted by atomic mass is 35.5. The van der Waals surface area contributed by atoms with Crippen molar-refractivity contribution in [3.8, 4) is 11.1 Å². The first-order chi connectivity index (χ1) is 19.3. The van der Waals surface area contributed by atoms with Crippen molar-refractivity contribution in [1.82, 2.24) is 9.88 Å². The molecule has 214 valence electrons. The molecule has 40 heavy (non-hydrogen) atoms. The Labute approximate surface area is 240 Å². The minimum atomic E-state index is -1.44. The van der Waals surface area contributed by atoms with Crippen LogP contribution >= 0.6 is 11.6 Å². The quantitative estimate of drug-likeness (QED) is 0.336. The lowest BCUT2D eigenvalue weighted by molar-refractivity contribution is -0.167. The molecule has 3 aromatic rings. The average molecular weight is 568 g/mol. The minimum absolute atomic E-state index is 0.0490. The molecule has 2 aliphatic rings. The molecule has 0 bridgehead atoms. The van der Waals surface area contributed by atoms with Gasteiger partial charge in [0.1, 0.15) is 11.7 Å². The molecule has 1 aliphatic heterocycles. The zero-order chi connectivity index (χ0) is 28.3. The number of halogens is 1. The van der Waals surface area contributed by atoms with E-state index in [0.717, 1.165) is 22.9 Å². The van der Waals surface area contributed by atoms with Gasteiger partial charge >= 0.3 is 0 Å². The summed E-state index contributed by atoms with van der Waals surface area (Å²) >= 11 is 6.84. The second kappa shape index (κ2) is 12.5. The fourth-order valence-corrected chi connectivity index (χ4v) is 6.43. The van der Waals surface area contributed by atoms with Crippen molar-refractivity contribution in [3.63, 3.8) is 0 Å². The van der Waals surface area contributed by atoms with Gasteiger partial charge in [-0.25, -0.2) is 0 Å². The summed E-state index contributed by atoms with van der Waals surface area (Å²) in [7, 11) is 1.66. The van der Waals surface area contributed by atoms with Gasteiger partial charge in [-0.2, -0.15) is 0 Å². The van der Waals surface area contributed by atoms with Crippen LogP contribution in [-0.4, -0.2) is 77.7 Å². The Morgan fingerprint density at radius 2 is 2.05 bits per heavy atom. The fourth-order valence-electron chi connectivity index (χ4n) is 6.14. The van der Waals surface area contributed by atoms with E-state index in [-0.39, 0.29) is 18.4 Å². The first-order valence-corrected chi connectivity index (χ1v) is 14.4. The molecule has 0 radical (unpaired) electrons. The number of ether oxygens (including phenoxy) is 2. The third-order valence-corrected chi connectivity index (χ3v) is 8.67. The third kappa shape index (κ3) is 5.88. The van der Waals surface area contributed by atoms with Gasteiger partial charge < -0.3 is 30.3 Å². The van der Waals surface area contributed by atoms with Crippen molar-refractivity contribution in [2.45, 2.75) is 56.0 Å². The number of carbonyl (C=O) groups is 1. The highest BCUT2D eigenvalue weighted by Crippen LogP contribution is 2.43. The van der Waals surface area contributed by atoms with Crippen molar-refractivity contribution in [2.75, 3.05) is 33.4 Å². The van der Waals surface area contributed by atoms with Gasteiger partial charge in [-0.3, -0.25) is 9.78 Å². The third-order valence-electron chi connectivity index (χ3n) is 8.35. The molecule has 1 saturated heterocycles. The number of methoxy groups -OCH3 is 1. The number of nitrogens with two attached hydrogens (primary N) is 1. The summed E-state index contributed by atoms with van der Waals surface area (Å²) in [5.41, 5.74) is 7.57. The molecular formula is C31H38ClN3O5. The smallest absolute Gasteiger partial charge is 0.226 e. The van der Waals surface area contributed by atoms with E-state index in [1.807, 2.05) is 48.5 Å². The Bertz CT molecular complexity index is 1330. The number of pyridine rings is 1. The normalized spacial score (nSPS) is 24.8. The van der Waals surface area contributed by atoms with Gasteiger partial charge in [-0.15, -0.1) is 0 Å². The summed E-state index contributed by atoms with van der Waals surface area (Å²) in [4.78, 5) is 19.8. The van der Waals surface area contributed by atoms with E-state index in [0.29, 0.717) is 61.6 Å². The number of nitrogens with zero attached hydrogens (tertiary/aromatic N) is 2. The van der Waals surface area contributed by atoms with Gasteiger partial charge in [-0.05, 0) is 55.9 Å². The fraction of sp³-hybridized carbons (Fsp3) is 0.484. The zero-order valence-electron chi connectivity index (χ0n) is 22.8. The minimum Gasteiger partial charge on any atom is -0.391 e. The Hall–Kier alpha value is -2.59. The van der Waals surface area contributed by atoms with Crippen LogP contribution < -0.4 is 5.73 Å². The van der Waals surface area contributed by atoms with Crippen LogP contribution in [0, 0.1) is 5.92 Å². The average Bonchev–Trinajstić information content (AvgIpc) is 3.32. The number of aliphatic hydroxyl groups excluding tert-OH is 1. The second-order valence-electron chi connectivity index (χ2n) is 11.0. The molecule has 9 heteroatoms. The number of benzene rings is 2. The summed E-state index contributed by atoms with van der Waals surface area (Å²) in [5, 5.41) is 24.2. The van der Waals surface area contributed by atoms with E-state index in [2.05, 4.69) is 4.98 Å². The van der Waals surface area contributed by atoms with Crippen molar-refractivity contribution < 1.29 is 24.5 Å². The Morgan fingerprint density at radius 1 is 1.23 bits per heavy atom.